The van der Waals surface area contributed by atoms with Gasteiger partial charge in [0.2, 0.25) is 0 Å². The van der Waals surface area contributed by atoms with Crippen LogP contribution in [0, 0.1) is 5.82 Å². The van der Waals surface area contributed by atoms with E-state index >= 15 is 0 Å². The van der Waals surface area contributed by atoms with E-state index in [9.17, 15) is 9.18 Å². The molecule has 1 N–H and O–H groups in total. The van der Waals surface area contributed by atoms with Gasteiger partial charge < -0.3 is 10.1 Å². The van der Waals surface area contributed by atoms with E-state index in [0.717, 1.165) is 5.56 Å². The Balaban J connectivity index is 1.90. The average molecular weight is 287 g/mol. The molecule has 2 aromatic carbocycles. The van der Waals surface area contributed by atoms with Crippen LogP contribution >= 0.6 is 0 Å². The molecule has 0 bridgehead atoms. The highest BCUT2D eigenvalue weighted by Crippen LogP contribution is 2.14. The first-order valence-electron chi connectivity index (χ1n) is 6.93. The number of benzene rings is 2. The van der Waals surface area contributed by atoms with Crippen molar-refractivity contribution < 1.29 is 13.9 Å². The molecule has 110 valence electrons. The Morgan fingerprint density at radius 1 is 1.14 bits per heavy atom. The molecule has 0 saturated carbocycles. The summed E-state index contributed by atoms with van der Waals surface area (Å²) in [4.78, 5) is 12.1. The summed E-state index contributed by atoms with van der Waals surface area (Å²) in [6, 6.07) is 15.3. The highest BCUT2D eigenvalue weighted by atomic mass is 19.1. The molecule has 0 aliphatic rings. The predicted octanol–water partition coefficient (Wildman–Crippen LogP) is 3.30. The summed E-state index contributed by atoms with van der Waals surface area (Å²) in [5.41, 5.74) is 1.03. The van der Waals surface area contributed by atoms with Gasteiger partial charge in [0.15, 0.2) is 6.10 Å². The standard InChI is InChI=1S/C17H18FNO2/c1-2-16(21-15-10-8-14(18)9-11-15)17(20)19-12-13-6-4-3-5-7-13/h3-11,16H,2,12H2,1H3,(H,19,20). The summed E-state index contributed by atoms with van der Waals surface area (Å²) in [6.07, 6.45) is -0.0444. The number of ether oxygens (including phenoxy) is 1. The molecule has 4 heteroatoms. The average Bonchev–Trinajstić information content (AvgIpc) is 2.53. The van der Waals surface area contributed by atoms with Gasteiger partial charge in [-0.1, -0.05) is 37.3 Å². The third-order valence-corrected chi connectivity index (χ3v) is 3.06. The summed E-state index contributed by atoms with van der Waals surface area (Å²) in [7, 11) is 0. The Morgan fingerprint density at radius 3 is 2.43 bits per heavy atom. The Hall–Kier alpha value is -2.36. The second-order valence-electron chi connectivity index (χ2n) is 4.67. The lowest BCUT2D eigenvalue weighted by Gasteiger charge is -2.17. The number of hydrogen-bond donors (Lipinski definition) is 1. The maximum absolute atomic E-state index is 12.8. The lowest BCUT2D eigenvalue weighted by molar-refractivity contribution is -0.128. The number of nitrogens with one attached hydrogen (secondary N) is 1. The zero-order valence-electron chi connectivity index (χ0n) is 11.9. The number of carbonyl (C=O) groups is 1. The van der Waals surface area contributed by atoms with Crippen molar-refractivity contribution in [3.63, 3.8) is 0 Å². The second-order valence-corrected chi connectivity index (χ2v) is 4.67. The van der Waals surface area contributed by atoms with Crippen molar-refractivity contribution in [3.8, 4) is 5.75 Å². The molecule has 3 nitrogen and oxygen atoms in total. The van der Waals surface area contributed by atoms with Crippen molar-refractivity contribution in [3.05, 3.63) is 66.0 Å². The molecule has 0 spiro atoms. The molecule has 0 heterocycles. The summed E-state index contributed by atoms with van der Waals surface area (Å²) in [6.45, 7) is 2.33. The van der Waals surface area contributed by atoms with Gasteiger partial charge in [-0.25, -0.2) is 4.39 Å². The van der Waals surface area contributed by atoms with Gasteiger partial charge >= 0.3 is 0 Å². The SMILES string of the molecule is CCC(Oc1ccc(F)cc1)C(=O)NCc1ccccc1. The van der Waals surface area contributed by atoms with Gasteiger partial charge in [-0.15, -0.1) is 0 Å². The molecule has 0 saturated heterocycles. The number of halogens is 1. The van der Waals surface area contributed by atoms with Crippen LogP contribution in [0.1, 0.15) is 18.9 Å². The van der Waals surface area contributed by atoms with Crippen molar-refractivity contribution in [2.75, 3.05) is 0 Å². The molecule has 0 radical (unpaired) electrons. The van der Waals surface area contributed by atoms with E-state index < -0.39 is 6.10 Å². The van der Waals surface area contributed by atoms with Crippen LogP contribution in [0.15, 0.2) is 54.6 Å². The summed E-state index contributed by atoms with van der Waals surface area (Å²) in [5, 5.41) is 2.84. The zero-order valence-corrected chi connectivity index (χ0v) is 11.9. The van der Waals surface area contributed by atoms with Crippen molar-refractivity contribution in [2.45, 2.75) is 26.0 Å². The number of carbonyl (C=O) groups excluding carboxylic acids is 1. The van der Waals surface area contributed by atoms with Crippen LogP contribution < -0.4 is 10.1 Å². The fourth-order valence-electron chi connectivity index (χ4n) is 1.90. The first-order valence-corrected chi connectivity index (χ1v) is 6.93. The fraction of sp³-hybridized carbons (Fsp3) is 0.235. The summed E-state index contributed by atoms with van der Waals surface area (Å²) < 4.78 is 18.4. The van der Waals surface area contributed by atoms with Crippen LogP contribution in [0.5, 0.6) is 5.75 Å². The van der Waals surface area contributed by atoms with Crippen LogP contribution in [0.4, 0.5) is 4.39 Å². The van der Waals surface area contributed by atoms with Crippen LogP contribution in [0.25, 0.3) is 0 Å². The first-order chi connectivity index (χ1) is 10.2. The van der Waals surface area contributed by atoms with E-state index in [-0.39, 0.29) is 11.7 Å². The predicted molar refractivity (Wildman–Crippen MR) is 79.4 cm³/mol. The lowest BCUT2D eigenvalue weighted by atomic mass is 10.2. The lowest BCUT2D eigenvalue weighted by Crippen LogP contribution is -2.37. The van der Waals surface area contributed by atoms with Crippen LogP contribution in [0.3, 0.4) is 0 Å². The van der Waals surface area contributed by atoms with Crippen LogP contribution in [0.2, 0.25) is 0 Å². The Labute approximate surface area is 123 Å². The van der Waals surface area contributed by atoms with E-state index in [2.05, 4.69) is 5.32 Å². The third-order valence-electron chi connectivity index (χ3n) is 3.06. The normalized spacial score (nSPS) is 11.7. The monoisotopic (exact) mass is 287 g/mol. The van der Waals surface area contributed by atoms with Crippen LogP contribution in [-0.2, 0) is 11.3 Å². The molecule has 1 amide bonds. The van der Waals surface area contributed by atoms with Gasteiger partial charge in [0.25, 0.3) is 5.91 Å². The molecule has 2 aromatic rings. The van der Waals surface area contributed by atoms with Crippen molar-refractivity contribution >= 4 is 5.91 Å². The van der Waals surface area contributed by atoms with Gasteiger partial charge in [-0.2, -0.15) is 0 Å². The smallest absolute Gasteiger partial charge is 0.261 e. The number of rotatable bonds is 6. The summed E-state index contributed by atoms with van der Waals surface area (Å²) >= 11 is 0. The van der Waals surface area contributed by atoms with E-state index in [1.165, 1.54) is 24.3 Å². The summed E-state index contributed by atoms with van der Waals surface area (Å²) in [5.74, 6) is -0.0206. The largest absolute Gasteiger partial charge is 0.481 e. The second kappa shape index (κ2) is 7.43. The minimum Gasteiger partial charge on any atom is -0.481 e. The number of hydrogen-bond acceptors (Lipinski definition) is 2. The van der Waals surface area contributed by atoms with Gasteiger partial charge in [0.1, 0.15) is 11.6 Å². The van der Waals surface area contributed by atoms with Crippen molar-refractivity contribution in [1.29, 1.82) is 0 Å². The van der Waals surface area contributed by atoms with E-state index in [1.54, 1.807) is 0 Å². The Bertz CT molecular complexity index is 569. The van der Waals surface area contributed by atoms with E-state index in [4.69, 9.17) is 4.74 Å². The number of amides is 1. The molecular weight excluding hydrogens is 269 g/mol. The van der Waals surface area contributed by atoms with Gasteiger partial charge in [-0.05, 0) is 36.2 Å². The van der Waals surface area contributed by atoms with E-state index in [0.29, 0.717) is 18.7 Å². The van der Waals surface area contributed by atoms with Crippen LogP contribution in [-0.4, -0.2) is 12.0 Å². The molecule has 1 atom stereocenters. The maximum atomic E-state index is 12.8. The van der Waals surface area contributed by atoms with Crippen molar-refractivity contribution in [2.24, 2.45) is 0 Å². The van der Waals surface area contributed by atoms with Gasteiger partial charge in [0, 0.05) is 6.54 Å². The first kappa shape index (κ1) is 15.0. The molecule has 21 heavy (non-hydrogen) atoms. The zero-order chi connectivity index (χ0) is 15.1. The highest BCUT2D eigenvalue weighted by molar-refractivity contribution is 5.81. The Kier molecular flexibility index (Phi) is 5.32. The molecule has 0 aliphatic heterocycles. The highest BCUT2D eigenvalue weighted by Gasteiger charge is 2.17. The quantitative estimate of drug-likeness (QED) is 0.885. The van der Waals surface area contributed by atoms with Gasteiger partial charge in [-0.3, -0.25) is 4.79 Å². The minimum absolute atomic E-state index is 0.175. The molecule has 0 aromatic heterocycles. The fourth-order valence-corrected chi connectivity index (χ4v) is 1.90. The maximum Gasteiger partial charge on any atom is 0.261 e. The van der Waals surface area contributed by atoms with E-state index in [1.807, 2.05) is 37.3 Å². The molecular formula is C17H18FNO2. The molecule has 0 aliphatic carbocycles. The molecule has 0 fully saturated rings. The molecule has 1 unspecified atom stereocenters. The van der Waals surface area contributed by atoms with Gasteiger partial charge in [0.05, 0.1) is 0 Å². The third kappa shape index (κ3) is 4.60. The van der Waals surface area contributed by atoms with Crippen molar-refractivity contribution in [1.82, 2.24) is 5.32 Å². The molecule has 2 rings (SSSR count). The minimum atomic E-state index is -0.584. The topological polar surface area (TPSA) is 38.3 Å². The Morgan fingerprint density at radius 2 is 1.81 bits per heavy atom.